The molecule has 0 spiro atoms. The molecular formula is C23H24N4O2. The van der Waals surface area contributed by atoms with Gasteiger partial charge in [-0.3, -0.25) is 19.6 Å². The molecule has 1 saturated heterocycles. The number of fused-ring (bicyclic) bond motifs is 1. The molecular weight excluding hydrogens is 364 g/mol. The van der Waals surface area contributed by atoms with Gasteiger partial charge in [-0.1, -0.05) is 24.3 Å². The molecule has 148 valence electrons. The smallest absolute Gasteiger partial charge is 0.254 e. The van der Waals surface area contributed by atoms with E-state index in [0.717, 1.165) is 28.7 Å². The molecule has 6 nitrogen and oxygen atoms in total. The van der Waals surface area contributed by atoms with Gasteiger partial charge in [-0.2, -0.15) is 0 Å². The molecule has 0 N–H and O–H groups in total. The number of benzene rings is 1. The molecule has 1 aromatic carbocycles. The Morgan fingerprint density at radius 3 is 2.69 bits per heavy atom. The SMILES string of the molecule is CN(C)C(=O)c1cc([C@H]2CCN(C(=O)Cc3ccccn3)C2)nc2ccccc12. The van der Waals surface area contributed by atoms with Gasteiger partial charge in [0.05, 0.1) is 17.5 Å². The highest BCUT2D eigenvalue weighted by Gasteiger charge is 2.29. The number of likely N-dealkylation sites (tertiary alicyclic amines) is 1. The maximum atomic E-state index is 12.7. The van der Waals surface area contributed by atoms with E-state index < -0.39 is 0 Å². The number of carbonyl (C=O) groups excluding carboxylic acids is 2. The number of carbonyl (C=O) groups is 2. The molecule has 1 aliphatic heterocycles. The molecule has 0 aliphatic carbocycles. The lowest BCUT2D eigenvalue weighted by Gasteiger charge is -2.18. The predicted octanol–water partition coefficient (Wildman–Crippen LogP) is 2.89. The highest BCUT2D eigenvalue weighted by atomic mass is 16.2. The molecule has 1 atom stereocenters. The summed E-state index contributed by atoms with van der Waals surface area (Å²) in [6.45, 7) is 1.31. The van der Waals surface area contributed by atoms with Crippen LogP contribution in [0.25, 0.3) is 10.9 Å². The lowest BCUT2D eigenvalue weighted by Crippen LogP contribution is -2.30. The van der Waals surface area contributed by atoms with Crippen LogP contribution in [0.4, 0.5) is 0 Å². The normalized spacial score (nSPS) is 16.2. The third kappa shape index (κ3) is 3.97. The third-order valence-corrected chi connectivity index (χ3v) is 5.39. The number of rotatable bonds is 4. The Morgan fingerprint density at radius 1 is 1.14 bits per heavy atom. The van der Waals surface area contributed by atoms with Crippen molar-refractivity contribution < 1.29 is 9.59 Å². The summed E-state index contributed by atoms with van der Waals surface area (Å²) >= 11 is 0. The van der Waals surface area contributed by atoms with E-state index in [9.17, 15) is 9.59 Å². The molecule has 3 aromatic rings. The Bertz CT molecular complexity index is 1050. The van der Waals surface area contributed by atoms with E-state index in [1.165, 1.54) is 0 Å². The summed E-state index contributed by atoms with van der Waals surface area (Å²) in [6.07, 6.45) is 2.86. The Kier molecular flexibility index (Phi) is 5.25. The van der Waals surface area contributed by atoms with E-state index in [-0.39, 0.29) is 17.7 Å². The van der Waals surface area contributed by atoms with E-state index in [0.29, 0.717) is 25.1 Å². The van der Waals surface area contributed by atoms with Crippen LogP contribution in [0, 0.1) is 0 Å². The number of hydrogen-bond donors (Lipinski definition) is 0. The first-order chi connectivity index (χ1) is 14.0. The molecule has 1 fully saturated rings. The molecule has 0 radical (unpaired) electrons. The number of nitrogens with zero attached hydrogens (tertiary/aromatic N) is 4. The molecule has 3 heterocycles. The van der Waals surface area contributed by atoms with Crippen molar-refractivity contribution in [3.63, 3.8) is 0 Å². The second-order valence-corrected chi connectivity index (χ2v) is 7.63. The summed E-state index contributed by atoms with van der Waals surface area (Å²) < 4.78 is 0. The van der Waals surface area contributed by atoms with Crippen LogP contribution in [0.3, 0.4) is 0 Å². The van der Waals surface area contributed by atoms with Crippen molar-refractivity contribution >= 4 is 22.7 Å². The fourth-order valence-corrected chi connectivity index (χ4v) is 3.82. The van der Waals surface area contributed by atoms with Crippen molar-refractivity contribution in [1.29, 1.82) is 0 Å². The highest BCUT2D eigenvalue weighted by Crippen LogP contribution is 2.30. The summed E-state index contributed by atoms with van der Waals surface area (Å²) in [4.78, 5) is 37.9. The standard InChI is InChI=1S/C23H24N4O2/c1-26(2)23(29)19-14-21(25-20-9-4-3-8-18(19)20)16-10-12-27(15-16)22(28)13-17-7-5-6-11-24-17/h3-9,11,14,16H,10,12-13,15H2,1-2H3/t16-/m0/s1. The number of para-hydroxylation sites is 1. The zero-order valence-corrected chi connectivity index (χ0v) is 16.7. The molecule has 1 aliphatic rings. The molecule has 6 heteroatoms. The second-order valence-electron chi connectivity index (χ2n) is 7.63. The first-order valence-electron chi connectivity index (χ1n) is 9.82. The quantitative estimate of drug-likeness (QED) is 0.689. The van der Waals surface area contributed by atoms with E-state index in [1.54, 1.807) is 25.2 Å². The molecule has 4 rings (SSSR count). The van der Waals surface area contributed by atoms with Gasteiger partial charge in [0.1, 0.15) is 0 Å². The Hall–Kier alpha value is -3.28. The van der Waals surface area contributed by atoms with Gasteiger partial charge in [0.15, 0.2) is 0 Å². The van der Waals surface area contributed by atoms with Crippen LogP contribution in [0.1, 0.15) is 34.1 Å². The van der Waals surface area contributed by atoms with Crippen molar-refractivity contribution in [2.75, 3.05) is 27.2 Å². The van der Waals surface area contributed by atoms with Crippen LogP contribution in [0.2, 0.25) is 0 Å². The molecule has 0 unspecified atom stereocenters. The summed E-state index contributed by atoms with van der Waals surface area (Å²) in [5, 5.41) is 0.857. The van der Waals surface area contributed by atoms with Gasteiger partial charge in [-0.05, 0) is 30.7 Å². The largest absolute Gasteiger partial charge is 0.345 e. The molecule has 0 saturated carbocycles. The summed E-state index contributed by atoms with van der Waals surface area (Å²) in [7, 11) is 3.51. The Labute approximate surface area is 170 Å². The molecule has 29 heavy (non-hydrogen) atoms. The number of aromatic nitrogens is 2. The minimum atomic E-state index is -0.0362. The number of pyridine rings is 2. The lowest BCUT2D eigenvalue weighted by atomic mass is 9.99. The van der Waals surface area contributed by atoms with E-state index >= 15 is 0 Å². The first kappa shape index (κ1) is 19.1. The van der Waals surface area contributed by atoms with Crippen LogP contribution in [-0.2, 0) is 11.2 Å². The second kappa shape index (κ2) is 7.99. The monoisotopic (exact) mass is 388 g/mol. The van der Waals surface area contributed by atoms with E-state index in [2.05, 4.69) is 4.98 Å². The Morgan fingerprint density at radius 2 is 1.93 bits per heavy atom. The van der Waals surface area contributed by atoms with Crippen molar-refractivity contribution in [3.05, 3.63) is 71.7 Å². The van der Waals surface area contributed by atoms with E-state index in [4.69, 9.17) is 4.98 Å². The van der Waals surface area contributed by atoms with Gasteiger partial charge in [0, 0.05) is 56.1 Å². The van der Waals surface area contributed by atoms with Crippen molar-refractivity contribution in [1.82, 2.24) is 19.8 Å². The van der Waals surface area contributed by atoms with Gasteiger partial charge in [-0.25, -0.2) is 0 Å². The minimum Gasteiger partial charge on any atom is -0.345 e. The fraction of sp³-hybridized carbons (Fsp3) is 0.304. The van der Waals surface area contributed by atoms with Crippen molar-refractivity contribution in [2.24, 2.45) is 0 Å². The van der Waals surface area contributed by atoms with Crippen LogP contribution < -0.4 is 0 Å². The summed E-state index contributed by atoms with van der Waals surface area (Å²) in [6, 6.07) is 15.2. The minimum absolute atomic E-state index is 0.0362. The maximum absolute atomic E-state index is 12.7. The Balaban J connectivity index is 1.57. The predicted molar refractivity (Wildman–Crippen MR) is 112 cm³/mol. The lowest BCUT2D eigenvalue weighted by molar-refractivity contribution is -0.129. The number of amides is 2. The first-order valence-corrected chi connectivity index (χ1v) is 9.82. The zero-order valence-electron chi connectivity index (χ0n) is 16.7. The maximum Gasteiger partial charge on any atom is 0.254 e. The molecule has 2 aromatic heterocycles. The van der Waals surface area contributed by atoms with Crippen molar-refractivity contribution in [2.45, 2.75) is 18.8 Å². The highest BCUT2D eigenvalue weighted by molar-refractivity contribution is 6.06. The average molecular weight is 388 g/mol. The van der Waals surface area contributed by atoms with Crippen LogP contribution in [0.15, 0.2) is 54.7 Å². The topological polar surface area (TPSA) is 66.4 Å². The van der Waals surface area contributed by atoms with Gasteiger partial charge in [-0.15, -0.1) is 0 Å². The third-order valence-electron chi connectivity index (χ3n) is 5.39. The van der Waals surface area contributed by atoms with Crippen LogP contribution in [-0.4, -0.2) is 58.8 Å². The summed E-state index contributed by atoms with van der Waals surface area (Å²) in [5.41, 5.74) is 3.13. The van der Waals surface area contributed by atoms with Gasteiger partial charge in [0.2, 0.25) is 5.91 Å². The molecule has 0 bridgehead atoms. The van der Waals surface area contributed by atoms with E-state index in [1.807, 2.05) is 53.4 Å². The van der Waals surface area contributed by atoms with Crippen LogP contribution in [0.5, 0.6) is 0 Å². The van der Waals surface area contributed by atoms with Gasteiger partial charge >= 0.3 is 0 Å². The fourth-order valence-electron chi connectivity index (χ4n) is 3.82. The number of hydrogen-bond acceptors (Lipinski definition) is 4. The van der Waals surface area contributed by atoms with Gasteiger partial charge in [0.25, 0.3) is 5.91 Å². The average Bonchev–Trinajstić information content (AvgIpc) is 3.23. The molecule has 2 amide bonds. The van der Waals surface area contributed by atoms with Crippen molar-refractivity contribution in [3.8, 4) is 0 Å². The van der Waals surface area contributed by atoms with Crippen LogP contribution >= 0.6 is 0 Å². The van der Waals surface area contributed by atoms with Gasteiger partial charge < -0.3 is 9.80 Å². The summed E-state index contributed by atoms with van der Waals surface area (Å²) in [5.74, 6) is 0.170. The zero-order chi connectivity index (χ0) is 20.4.